The Balaban J connectivity index is 1.22. The zero-order chi connectivity index (χ0) is 29.6. The lowest BCUT2D eigenvalue weighted by Crippen LogP contribution is -2.51. The van der Waals surface area contributed by atoms with Crippen molar-refractivity contribution in [3.8, 4) is 5.75 Å². The molecule has 2 aromatic rings. The maximum Gasteiger partial charge on any atom is 0.248 e. The van der Waals surface area contributed by atoms with E-state index in [2.05, 4.69) is 10.2 Å². The molecule has 0 aromatic heterocycles. The van der Waals surface area contributed by atoms with E-state index in [0.29, 0.717) is 56.3 Å². The van der Waals surface area contributed by atoms with Gasteiger partial charge in [0.15, 0.2) is 9.84 Å². The number of alkyl halides is 2. The Morgan fingerprint density at radius 1 is 1.05 bits per heavy atom. The molecule has 224 valence electrons. The molecule has 0 atom stereocenters. The third-order valence-electron chi connectivity index (χ3n) is 7.63. The molecule has 2 aromatic carbocycles. The van der Waals surface area contributed by atoms with Gasteiger partial charge in [-0.3, -0.25) is 14.5 Å². The number of halogens is 3. The van der Waals surface area contributed by atoms with Gasteiger partial charge in [0.2, 0.25) is 17.7 Å². The van der Waals surface area contributed by atoms with E-state index in [1.165, 1.54) is 6.26 Å². The Morgan fingerprint density at radius 3 is 2.34 bits per heavy atom. The van der Waals surface area contributed by atoms with Crippen molar-refractivity contribution in [2.24, 2.45) is 5.92 Å². The van der Waals surface area contributed by atoms with Gasteiger partial charge in [-0.2, -0.15) is 0 Å². The molecule has 1 aliphatic heterocycles. The molecular formula is C29H36ClF2N3O5S. The SMILES string of the molecule is CS(=O)(=O)c1ccc(COc2ccc(Cl)cc2CN2CCN(C(=O)CNC(=O)CC3CCC(F)(F)CC3)CC2)cc1. The summed E-state index contributed by atoms with van der Waals surface area (Å²) in [6.07, 6.45) is 1.63. The monoisotopic (exact) mass is 611 g/mol. The van der Waals surface area contributed by atoms with E-state index in [-0.39, 0.29) is 55.0 Å². The van der Waals surface area contributed by atoms with Gasteiger partial charge in [-0.25, -0.2) is 17.2 Å². The lowest BCUT2D eigenvalue weighted by Gasteiger charge is -2.35. The molecule has 0 spiro atoms. The highest BCUT2D eigenvalue weighted by molar-refractivity contribution is 7.90. The molecule has 0 unspecified atom stereocenters. The standard InChI is InChI=1S/C29H36ClF2N3O5S/c1-41(38,39)25-5-2-22(3-6-25)20-40-26-7-4-24(30)17-23(26)19-34-12-14-35(15-13-34)28(37)18-33-27(36)16-21-8-10-29(31,32)11-9-21/h2-7,17,21H,8-16,18-20H2,1H3,(H,33,36). The first kappa shape index (κ1) is 31.2. The van der Waals surface area contributed by atoms with E-state index in [1.54, 1.807) is 35.2 Å². The van der Waals surface area contributed by atoms with Crippen molar-refractivity contribution in [3.05, 3.63) is 58.6 Å². The number of sulfone groups is 1. The summed E-state index contributed by atoms with van der Waals surface area (Å²) in [5.74, 6) is -2.45. The van der Waals surface area contributed by atoms with Crippen LogP contribution in [0.1, 0.15) is 43.2 Å². The Labute approximate surface area is 244 Å². The molecule has 1 aliphatic carbocycles. The molecule has 1 N–H and O–H groups in total. The molecule has 1 saturated carbocycles. The van der Waals surface area contributed by atoms with Gasteiger partial charge >= 0.3 is 0 Å². The Bertz CT molecular complexity index is 1320. The first-order valence-corrected chi connectivity index (χ1v) is 16.0. The molecule has 41 heavy (non-hydrogen) atoms. The van der Waals surface area contributed by atoms with E-state index in [4.69, 9.17) is 16.3 Å². The van der Waals surface area contributed by atoms with Crippen LogP contribution in [0, 0.1) is 5.92 Å². The summed E-state index contributed by atoms with van der Waals surface area (Å²) in [6, 6.07) is 12.0. The van der Waals surface area contributed by atoms with Crippen molar-refractivity contribution in [1.29, 1.82) is 0 Å². The van der Waals surface area contributed by atoms with Crippen LogP contribution in [0.5, 0.6) is 5.75 Å². The van der Waals surface area contributed by atoms with Crippen molar-refractivity contribution in [2.45, 2.75) is 56.1 Å². The normalized spacial score (nSPS) is 18.2. The number of hydrogen-bond donors (Lipinski definition) is 1. The van der Waals surface area contributed by atoms with Crippen LogP contribution in [0.2, 0.25) is 5.02 Å². The molecule has 8 nitrogen and oxygen atoms in total. The van der Waals surface area contributed by atoms with Gasteiger partial charge < -0.3 is 15.0 Å². The lowest BCUT2D eigenvalue weighted by atomic mass is 9.84. The second kappa shape index (κ2) is 13.5. The number of rotatable bonds is 10. The van der Waals surface area contributed by atoms with E-state index in [1.807, 2.05) is 12.1 Å². The minimum atomic E-state index is -3.27. The molecule has 2 fully saturated rings. The van der Waals surface area contributed by atoms with Gasteiger partial charge in [0.05, 0.1) is 11.4 Å². The third kappa shape index (κ3) is 9.37. The smallest absolute Gasteiger partial charge is 0.248 e. The number of nitrogens with zero attached hydrogens (tertiary/aromatic N) is 2. The predicted octanol–water partition coefficient (Wildman–Crippen LogP) is 4.30. The average molecular weight is 612 g/mol. The average Bonchev–Trinajstić information content (AvgIpc) is 2.92. The quantitative estimate of drug-likeness (QED) is 0.431. The molecule has 4 rings (SSSR count). The molecular weight excluding hydrogens is 576 g/mol. The van der Waals surface area contributed by atoms with Crippen LogP contribution in [0.3, 0.4) is 0 Å². The first-order valence-electron chi connectivity index (χ1n) is 13.7. The maximum atomic E-state index is 13.3. The summed E-state index contributed by atoms with van der Waals surface area (Å²) < 4.78 is 56.1. The van der Waals surface area contributed by atoms with Crippen LogP contribution in [0.4, 0.5) is 8.78 Å². The number of hydrogen-bond acceptors (Lipinski definition) is 6. The van der Waals surface area contributed by atoms with E-state index in [0.717, 1.165) is 11.1 Å². The van der Waals surface area contributed by atoms with Gasteiger partial charge in [0, 0.05) is 68.8 Å². The fraction of sp³-hybridized carbons (Fsp3) is 0.517. The van der Waals surface area contributed by atoms with Gasteiger partial charge in [-0.1, -0.05) is 23.7 Å². The summed E-state index contributed by atoms with van der Waals surface area (Å²) >= 11 is 6.26. The number of nitrogens with one attached hydrogen (secondary N) is 1. The first-order chi connectivity index (χ1) is 19.4. The number of piperazine rings is 1. The van der Waals surface area contributed by atoms with Gasteiger partial charge in [0.1, 0.15) is 12.4 Å². The number of carbonyl (C=O) groups excluding carboxylic acids is 2. The van der Waals surface area contributed by atoms with Crippen molar-refractivity contribution in [3.63, 3.8) is 0 Å². The summed E-state index contributed by atoms with van der Waals surface area (Å²) in [7, 11) is -3.27. The summed E-state index contributed by atoms with van der Waals surface area (Å²) in [4.78, 5) is 29.1. The Kier molecular flexibility index (Phi) is 10.3. The lowest BCUT2D eigenvalue weighted by molar-refractivity contribution is -0.134. The molecule has 2 aliphatic rings. The van der Waals surface area contributed by atoms with Gasteiger partial charge in [0.25, 0.3) is 0 Å². The minimum Gasteiger partial charge on any atom is -0.489 e. The van der Waals surface area contributed by atoms with E-state index < -0.39 is 15.8 Å². The predicted molar refractivity (Wildman–Crippen MR) is 152 cm³/mol. The Hall–Kier alpha value is -2.76. The molecule has 12 heteroatoms. The molecule has 0 radical (unpaired) electrons. The zero-order valence-corrected chi connectivity index (χ0v) is 24.7. The fourth-order valence-electron chi connectivity index (χ4n) is 5.13. The molecule has 1 heterocycles. The van der Waals surface area contributed by atoms with Crippen LogP contribution in [0.25, 0.3) is 0 Å². The van der Waals surface area contributed by atoms with Crippen molar-refractivity contribution in [1.82, 2.24) is 15.1 Å². The van der Waals surface area contributed by atoms with E-state index in [9.17, 15) is 26.8 Å². The van der Waals surface area contributed by atoms with Crippen molar-refractivity contribution >= 4 is 33.3 Å². The number of carbonyl (C=O) groups is 2. The van der Waals surface area contributed by atoms with Crippen molar-refractivity contribution < 1.29 is 31.5 Å². The van der Waals surface area contributed by atoms with Crippen LogP contribution in [-0.2, 0) is 32.6 Å². The van der Waals surface area contributed by atoms with Crippen LogP contribution in [-0.4, -0.2) is 74.9 Å². The van der Waals surface area contributed by atoms with Gasteiger partial charge in [-0.05, 0) is 54.7 Å². The maximum absolute atomic E-state index is 13.3. The highest BCUT2D eigenvalue weighted by Gasteiger charge is 2.35. The van der Waals surface area contributed by atoms with Crippen molar-refractivity contribution in [2.75, 3.05) is 39.0 Å². The number of ether oxygens (including phenoxy) is 1. The number of benzene rings is 2. The van der Waals surface area contributed by atoms with Crippen LogP contribution >= 0.6 is 11.6 Å². The van der Waals surface area contributed by atoms with Crippen LogP contribution < -0.4 is 10.1 Å². The molecule has 2 amide bonds. The molecule has 1 saturated heterocycles. The largest absolute Gasteiger partial charge is 0.489 e. The Morgan fingerprint density at radius 2 is 1.71 bits per heavy atom. The second-order valence-electron chi connectivity index (χ2n) is 10.9. The highest BCUT2D eigenvalue weighted by Crippen LogP contribution is 2.37. The minimum absolute atomic E-state index is 0.0611. The van der Waals surface area contributed by atoms with Crippen LogP contribution in [0.15, 0.2) is 47.4 Å². The van der Waals surface area contributed by atoms with Gasteiger partial charge in [-0.15, -0.1) is 0 Å². The topological polar surface area (TPSA) is 96.0 Å². The van der Waals surface area contributed by atoms with E-state index >= 15 is 0 Å². The molecule has 0 bridgehead atoms. The third-order valence-corrected chi connectivity index (χ3v) is 9.00. The fourth-order valence-corrected chi connectivity index (χ4v) is 5.95. The second-order valence-corrected chi connectivity index (χ2v) is 13.3. The summed E-state index contributed by atoms with van der Waals surface area (Å²) in [5.41, 5.74) is 1.73. The number of amides is 2. The zero-order valence-electron chi connectivity index (χ0n) is 23.1. The highest BCUT2D eigenvalue weighted by atomic mass is 35.5. The summed E-state index contributed by atoms with van der Waals surface area (Å²) in [6.45, 7) is 3.02. The summed E-state index contributed by atoms with van der Waals surface area (Å²) in [5, 5.41) is 3.24.